The highest BCUT2D eigenvalue weighted by Crippen LogP contribution is 2.30. The topological polar surface area (TPSA) is 108 Å². The van der Waals surface area contributed by atoms with Crippen LogP contribution in [0.1, 0.15) is 17.7 Å². The number of amides is 2. The van der Waals surface area contributed by atoms with Gasteiger partial charge in [-0.3, -0.25) is 4.79 Å². The lowest BCUT2D eigenvalue weighted by molar-refractivity contribution is -0.138. The van der Waals surface area contributed by atoms with Crippen LogP contribution in [0.3, 0.4) is 0 Å². The summed E-state index contributed by atoms with van der Waals surface area (Å²) in [7, 11) is 4.06. The van der Waals surface area contributed by atoms with E-state index in [1.165, 1.54) is 13.2 Å². The Balaban J connectivity index is 1.44. The van der Waals surface area contributed by atoms with E-state index < -0.39 is 41.2 Å². The number of pyridine rings is 1. The number of H-pyrrole nitrogens is 1. The van der Waals surface area contributed by atoms with E-state index in [4.69, 9.17) is 4.74 Å². The third kappa shape index (κ3) is 5.12. The minimum Gasteiger partial charge on any atom is -0.378 e. The molecule has 3 aromatic rings. The zero-order valence-corrected chi connectivity index (χ0v) is 19.8. The Hall–Kier alpha value is -3.68. The molecule has 0 saturated carbocycles. The monoisotopic (exact) mass is 511 g/mol. The quantitative estimate of drug-likeness (QED) is 0.510. The molecule has 10 nitrogen and oxygen atoms in total. The van der Waals surface area contributed by atoms with Crippen molar-refractivity contribution < 1.29 is 27.1 Å². The molecule has 14 heteroatoms. The van der Waals surface area contributed by atoms with Gasteiger partial charge in [0.1, 0.15) is 23.2 Å². The number of aromatic amines is 1. The maximum Gasteiger partial charge on any atom is 0.417 e. The summed E-state index contributed by atoms with van der Waals surface area (Å²) in [5.74, 6) is 0.478. The fraction of sp³-hybridized carbons (Fsp3) is 0.455. The van der Waals surface area contributed by atoms with Crippen LogP contribution in [-0.4, -0.2) is 69.9 Å². The zero-order valence-electron chi connectivity index (χ0n) is 19.8. The van der Waals surface area contributed by atoms with Gasteiger partial charge in [0.25, 0.3) is 5.56 Å². The molecule has 0 aliphatic carbocycles. The lowest BCUT2D eigenvalue weighted by atomic mass is 10.0. The lowest BCUT2D eigenvalue weighted by Gasteiger charge is -2.39. The van der Waals surface area contributed by atoms with Crippen molar-refractivity contribution in [2.75, 3.05) is 37.5 Å². The van der Waals surface area contributed by atoms with Gasteiger partial charge in [0.2, 0.25) is 0 Å². The molecule has 1 fully saturated rings. The Morgan fingerprint density at radius 3 is 2.78 bits per heavy atom. The molecule has 0 aromatic carbocycles. The van der Waals surface area contributed by atoms with E-state index >= 15 is 4.39 Å². The van der Waals surface area contributed by atoms with Crippen LogP contribution in [0.2, 0.25) is 0 Å². The highest BCUT2D eigenvalue weighted by molar-refractivity contribution is 5.89. The predicted molar refractivity (Wildman–Crippen MR) is 124 cm³/mol. The first-order valence-electron chi connectivity index (χ1n) is 11.0. The van der Waals surface area contributed by atoms with E-state index in [2.05, 4.69) is 20.3 Å². The molecule has 1 aliphatic rings. The summed E-state index contributed by atoms with van der Waals surface area (Å²) in [4.78, 5) is 39.7. The number of urea groups is 1. The molecule has 2 atom stereocenters. The van der Waals surface area contributed by atoms with Crippen LogP contribution in [0, 0.1) is 0 Å². The van der Waals surface area contributed by atoms with Crippen LogP contribution in [0.5, 0.6) is 0 Å². The molecule has 3 aromatic heterocycles. The number of alkyl halides is 4. The lowest BCUT2D eigenvalue weighted by Crippen LogP contribution is -2.54. The highest BCUT2D eigenvalue weighted by atomic mass is 19.4. The number of carbonyl (C=O) groups excluding carboxylic acids is 1. The third-order valence-corrected chi connectivity index (χ3v) is 6.08. The number of ether oxygens (including phenoxy) is 1. The molecule has 0 radical (unpaired) electrons. The summed E-state index contributed by atoms with van der Waals surface area (Å²) in [5, 5.41) is 2.19. The fourth-order valence-corrected chi connectivity index (χ4v) is 4.18. The predicted octanol–water partition coefficient (Wildman–Crippen LogP) is 2.90. The van der Waals surface area contributed by atoms with Gasteiger partial charge >= 0.3 is 12.2 Å². The normalized spacial score (nSPS) is 18.5. The number of hydrogen-bond donors (Lipinski definition) is 2. The molecule has 1 aliphatic heterocycles. The summed E-state index contributed by atoms with van der Waals surface area (Å²) in [6.07, 6.45) is -3.78. The number of rotatable bonds is 5. The molecule has 4 rings (SSSR count). The van der Waals surface area contributed by atoms with Crippen molar-refractivity contribution in [3.63, 3.8) is 0 Å². The van der Waals surface area contributed by atoms with Gasteiger partial charge < -0.3 is 29.4 Å². The molecule has 1 saturated heterocycles. The number of aryl methyl sites for hydroxylation is 1. The summed E-state index contributed by atoms with van der Waals surface area (Å²) in [6.45, 7) is 0.666. The Labute approximate surface area is 202 Å². The first-order chi connectivity index (χ1) is 17.0. The number of hydrogen-bond acceptors (Lipinski definition) is 6. The minimum atomic E-state index is -4.70. The summed E-state index contributed by atoms with van der Waals surface area (Å²) >= 11 is 0. The fourth-order valence-electron chi connectivity index (χ4n) is 4.18. The van der Waals surface area contributed by atoms with Gasteiger partial charge in [0.05, 0.1) is 31.0 Å². The molecule has 194 valence electrons. The number of methoxy groups -OCH3 is 1. The maximum atomic E-state index is 15.2. The molecule has 2 amide bonds. The van der Waals surface area contributed by atoms with E-state index in [9.17, 15) is 22.8 Å². The number of aromatic nitrogens is 4. The van der Waals surface area contributed by atoms with Crippen LogP contribution >= 0.6 is 0 Å². The van der Waals surface area contributed by atoms with Crippen molar-refractivity contribution in [2.45, 2.75) is 31.4 Å². The molecular weight excluding hydrogens is 486 g/mol. The molecular formula is C22H25F4N7O3. The first-order valence-corrected chi connectivity index (χ1v) is 11.0. The van der Waals surface area contributed by atoms with Crippen LogP contribution in [0.15, 0.2) is 29.3 Å². The number of carbonyl (C=O) groups is 1. The summed E-state index contributed by atoms with van der Waals surface area (Å²) in [6, 6.07) is 0.628. The molecule has 2 N–H and O–H groups in total. The average Bonchev–Trinajstić information content (AvgIpc) is 3.22. The number of fused-ring (bicyclic) bond motifs is 1. The van der Waals surface area contributed by atoms with Crippen molar-refractivity contribution in [1.29, 1.82) is 0 Å². The zero-order chi connectivity index (χ0) is 26.2. The van der Waals surface area contributed by atoms with Crippen molar-refractivity contribution in [3.05, 3.63) is 46.1 Å². The number of piperidine rings is 1. The average molecular weight is 511 g/mol. The van der Waals surface area contributed by atoms with E-state index in [-0.39, 0.29) is 13.0 Å². The first kappa shape index (κ1) is 25.4. The van der Waals surface area contributed by atoms with Gasteiger partial charge in [0, 0.05) is 39.6 Å². The van der Waals surface area contributed by atoms with E-state index in [1.54, 1.807) is 18.1 Å². The van der Waals surface area contributed by atoms with Gasteiger partial charge in [-0.25, -0.2) is 19.2 Å². The van der Waals surface area contributed by atoms with E-state index in [0.717, 1.165) is 22.2 Å². The Bertz CT molecular complexity index is 1320. The second kappa shape index (κ2) is 9.76. The van der Waals surface area contributed by atoms with Crippen molar-refractivity contribution in [3.8, 4) is 0 Å². The molecule has 0 spiro atoms. The van der Waals surface area contributed by atoms with Gasteiger partial charge in [-0.2, -0.15) is 13.2 Å². The van der Waals surface area contributed by atoms with Crippen LogP contribution in [0.4, 0.5) is 33.9 Å². The third-order valence-electron chi connectivity index (χ3n) is 6.08. The summed E-state index contributed by atoms with van der Waals surface area (Å²) < 4.78 is 60.3. The second-order valence-corrected chi connectivity index (χ2v) is 8.60. The standard InChI is InChI=1S/C22H25F4N7O3/c1-31-9-12(22(24,25)26)6-16(20(31)34)30-21(35)32(2)17-4-5-33(10-14(17)23)18-8-27-19-15(29-18)7-13(28-19)11-36-3/h6-9,14,17H,4-5,10-11H2,1-3H3,(H,27,28)(H,30,35)/t14-,17-/m0/s1. The maximum absolute atomic E-state index is 15.2. The van der Waals surface area contributed by atoms with Crippen molar-refractivity contribution in [1.82, 2.24) is 24.4 Å². The van der Waals surface area contributed by atoms with E-state index in [0.29, 0.717) is 42.4 Å². The number of halogens is 4. The van der Waals surface area contributed by atoms with Gasteiger partial charge in [-0.15, -0.1) is 0 Å². The Morgan fingerprint density at radius 2 is 2.11 bits per heavy atom. The Kier molecular flexibility index (Phi) is 6.89. The van der Waals surface area contributed by atoms with E-state index in [1.807, 2.05) is 0 Å². The number of nitrogens with zero attached hydrogens (tertiary/aromatic N) is 5. The van der Waals surface area contributed by atoms with Crippen molar-refractivity contribution >= 4 is 28.7 Å². The highest BCUT2D eigenvalue weighted by Gasteiger charge is 2.36. The number of nitrogens with one attached hydrogen (secondary N) is 2. The van der Waals surface area contributed by atoms with Gasteiger partial charge in [-0.1, -0.05) is 0 Å². The Morgan fingerprint density at radius 1 is 1.36 bits per heavy atom. The van der Waals surface area contributed by atoms with Gasteiger partial charge in [-0.05, 0) is 18.6 Å². The number of anilines is 2. The van der Waals surface area contributed by atoms with Crippen LogP contribution in [-0.2, 0) is 24.6 Å². The van der Waals surface area contributed by atoms with Crippen LogP contribution < -0.4 is 15.8 Å². The smallest absolute Gasteiger partial charge is 0.378 e. The van der Waals surface area contributed by atoms with Crippen LogP contribution in [0.25, 0.3) is 11.2 Å². The van der Waals surface area contributed by atoms with Gasteiger partial charge in [0.15, 0.2) is 5.65 Å². The molecule has 4 heterocycles. The largest absolute Gasteiger partial charge is 0.417 e. The minimum absolute atomic E-state index is 0.0663. The van der Waals surface area contributed by atoms with Crippen molar-refractivity contribution in [2.24, 2.45) is 7.05 Å². The SMILES string of the molecule is COCc1cc2nc(N3CC[C@H](N(C)C(=O)Nc4cc(C(F)(F)F)cn(C)c4=O)[C@@H](F)C3)cnc2[nH]1. The second-order valence-electron chi connectivity index (χ2n) is 8.60. The molecule has 0 bridgehead atoms. The molecule has 36 heavy (non-hydrogen) atoms. The molecule has 0 unspecified atom stereocenters. The summed E-state index contributed by atoms with van der Waals surface area (Å²) in [5.41, 5.74) is -0.460.